The predicted molar refractivity (Wildman–Crippen MR) is 90.8 cm³/mol. The van der Waals surface area contributed by atoms with Gasteiger partial charge in [0.2, 0.25) is 10.6 Å². The summed E-state index contributed by atoms with van der Waals surface area (Å²) in [5.41, 5.74) is -0.860. The van der Waals surface area contributed by atoms with Gasteiger partial charge in [-0.2, -0.15) is 0 Å². The summed E-state index contributed by atoms with van der Waals surface area (Å²) in [5.74, 6) is -2.31. The number of carboxylic acid groups (broad SMARTS) is 1. The highest BCUT2D eigenvalue weighted by atomic mass is 32.2. The number of aromatic nitrogens is 1. The van der Waals surface area contributed by atoms with Gasteiger partial charge in [0.15, 0.2) is 0 Å². The maximum Gasteiger partial charge on any atom is 0.342 e. The van der Waals surface area contributed by atoms with Gasteiger partial charge >= 0.3 is 5.97 Å². The molecule has 2 aliphatic heterocycles. The molecule has 1 aromatic heterocycles. The van der Waals surface area contributed by atoms with Crippen LogP contribution >= 0.6 is 11.8 Å². The maximum atomic E-state index is 14.7. The second-order valence-electron chi connectivity index (χ2n) is 6.18. The summed E-state index contributed by atoms with van der Waals surface area (Å²) < 4.78 is 30.5. The zero-order valence-corrected chi connectivity index (χ0v) is 14.1. The number of hydrogen-bond donors (Lipinski definition) is 2. The molecule has 6 nitrogen and oxygen atoms in total. The van der Waals surface area contributed by atoms with Crippen molar-refractivity contribution in [3.8, 4) is 0 Å². The molecule has 1 atom stereocenters. The van der Waals surface area contributed by atoms with Crippen LogP contribution in [0.2, 0.25) is 0 Å². The normalized spacial score (nSPS) is 22.6. The Bertz CT molecular complexity index is 967. The molecule has 25 heavy (non-hydrogen) atoms. The first-order chi connectivity index (χ1) is 11.8. The Balaban J connectivity index is 2.03. The Labute approximate surface area is 145 Å². The summed E-state index contributed by atoms with van der Waals surface area (Å²) in [5, 5.41) is 10.2. The molecule has 0 bridgehead atoms. The highest BCUT2D eigenvalue weighted by molar-refractivity contribution is 8.01. The van der Waals surface area contributed by atoms with Crippen LogP contribution in [0.1, 0.15) is 17.3 Å². The van der Waals surface area contributed by atoms with E-state index in [4.69, 9.17) is 0 Å². The Kier molecular flexibility index (Phi) is 3.55. The van der Waals surface area contributed by atoms with Crippen molar-refractivity contribution in [3.63, 3.8) is 0 Å². The number of piperazine rings is 1. The van der Waals surface area contributed by atoms with Crippen LogP contribution in [0.25, 0.3) is 10.9 Å². The van der Waals surface area contributed by atoms with Crippen LogP contribution in [0.5, 0.6) is 0 Å². The molecule has 0 radical (unpaired) electrons. The Morgan fingerprint density at radius 1 is 1.36 bits per heavy atom. The lowest BCUT2D eigenvalue weighted by atomic mass is 10.1. The van der Waals surface area contributed by atoms with Crippen LogP contribution in [-0.4, -0.2) is 41.8 Å². The lowest BCUT2D eigenvalue weighted by molar-refractivity contribution is 0.0685. The van der Waals surface area contributed by atoms with Gasteiger partial charge in [-0.1, -0.05) is 0 Å². The first-order valence-corrected chi connectivity index (χ1v) is 8.62. The Morgan fingerprint density at radius 2 is 2.04 bits per heavy atom. The van der Waals surface area contributed by atoms with E-state index in [9.17, 15) is 23.5 Å². The fourth-order valence-electron chi connectivity index (χ4n) is 3.39. The number of carbonyl (C=O) groups is 1. The zero-order valence-electron chi connectivity index (χ0n) is 13.3. The second-order valence-corrected chi connectivity index (χ2v) is 7.52. The number of hydrogen-bond acceptors (Lipinski definition) is 5. The molecule has 0 aliphatic carbocycles. The molecule has 9 heteroatoms. The van der Waals surface area contributed by atoms with E-state index in [-0.39, 0.29) is 15.9 Å². The van der Waals surface area contributed by atoms with Gasteiger partial charge in [-0.3, -0.25) is 9.36 Å². The molecule has 2 N–H and O–H groups in total. The minimum Gasteiger partial charge on any atom is -0.477 e. The first kappa shape index (κ1) is 16.3. The van der Waals surface area contributed by atoms with Gasteiger partial charge in [0.1, 0.15) is 16.4 Å². The number of anilines is 1. The minimum absolute atomic E-state index is 0.0202. The summed E-state index contributed by atoms with van der Waals surface area (Å²) in [4.78, 5) is 25.9. The SMILES string of the molecule is CC1(F)Sc2c(C(=O)O)c(=O)c3c(F)cc(N4CCNCC4)cc3n21. The Morgan fingerprint density at radius 3 is 2.64 bits per heavy atom. The van der Waals surface area contributed by atoms with Crippen LogP contribution in [0.15, 0.2) is 22.0 Å². The minimum atomic E-state index is -1.93. The van der Waals surface area contributed by atoms with E-state index in [1.54, 1.807) is 6.07 Å². The van der Waals surface area contributed by atoms with Crippen LogP contribution in [-0.2, 0) is 5.12 Å². The van der Waals surface area contributed by atoms with Crippen LogP contribution in [0.4, 0.5) is 14.5 Å². The van der Waals surface area contributed by atoms with Gasteiger partial charge in [0, 0.05) is 31.9 Å². The molecule has 2 aliphatic rings. The highest BCUT2D eigenvalue weighted by Gasteiger charge is 2.45. The summed E-state index contributed by atoms with van der Waals surface area (Å²) >= 11 is 0.657. The number of nitrogens with one attached hydrogen (secondary N) is 1. The first-order valence-electron chi connectivity index (χ1n) is 7.81. The number of halogens is 2. The number of rotatable bonds is 2. The van der Waals surface area contributed by atoms with Crippen molar-refractivity contribution in [1.29, 1.82) is 0 Å². The van der Waals surface area contributed by atoms with Gasteiger partial charge in [-0.25, -0.2) is 13.6 Å². The van der Waals surface area contributed by atoms with Crippen molar-refractivity contribution in [2.45, 2.75) is 17.1 Å². The summed E-state index contributed by atoms with van der Waals surface area (Å²) in [7, 11) is 0. The quantitative estimate of drug-likeness (QED) is 0.845. The zero-order chi connectivity index (χ0) is 17.9. The van der Waals surface area contributed by atoms with Gasteiger partial charge in [-0.15, -0.1) is 0 Å². The van der Waals surface area contributed by atoms with Crippen molar-refractivity contribution in [1.82, 2.24) is 9.88 Å². The van der Waals surface area contributed by atoms with E-state index >= 15 is 0 Å². The van der Waals surface area contributed by atoms with Crippen molar-refractivity contribution in [2.24, 2.45) is 0 Å². The fraction of sp³-hybridized carbons (Fsp3) is 0.375. The molecular weight excluding hydrogens is 352 g/mol. The molecule has 0 saturated carbocycles. The van der Waals surface area contributed by atoms with E-state index in [2.05, 4.69) is 5.32 Å². The third-order valence-corrected chi connectivity index (χ3v) is 5.68. The number of fused-ring (bicyclic) bond motifs is 3. The third-order valence-electron chi connectivity index (χ3n) is 4.54. The molecule has 1 aromatic carbocycles. The summed E-state index contributed by atoms with van der Waals surface area (Å²) in [6.45, 7) is 4.07. The summed E-state index contributed by atoms with van der Waals surface area (Å²) in [6, 6.07) is 2.78. The highest BCUT2D eigenvalue weighted by Crippen LogP contribution is 2.52. The van der Waals surface area contributed by atoms with Crippen molar-refractivity contribution >= 4 is 34.3 Å². The van der Waals surface area contributed by atoms with Gasteiger partial charge in [0.25, 0.3) is 0 Å². The Hall–Kier alpha value is -2.13. The van der Waals surface area contributed by atoms with E-state index < -0.39 is 27.9 Å². The molecule has 132 valence electrons. The number of benzene rings is 1. The standard InChI is InChI=1S/C16H15F2N3O3S/c1-16(18)21-10-7-8(20-4-2-19-3-5-20)6-9(17)11(10)13(22)12(15(23)24)14(21)25-16/h6-7,19H,2-5H2,1H3,(H,23,24). The maximum absolute atomic E-state index is 14.7. The molecule has 0 amide bonds. The lowest BCUT2D eigenvalue weighted by Gasteiger charge is -2.38. The third kappa shape index (κ3) is 2.33. The van der Waals surface area contributed by atoms with Crippen LogP contribution < -0.4 is 15.6 Å². The van der Waals surface area contributed by atoms with Crippen LogP contribution in [0.3, 0.4) is 0 Å². The average molecular weight is 367 g/mol. The largest absolute Gasteiger partial charge is 0.477 e. The molecule has 1 unspecified atom stereocenters. The number of carboxylic acids is 1. The van der Waals surface area contributed by atoms with Crippen LogP contribution in [0, 0.1) is 5.82 Å². The number of alkyl halides is 1. The smallest absolute Gasteiger partial charge is 0.342 e. The number of pyridine rings is 1. The molecule has 1 saturated heterocycles. The topological polar surface area (TPSA) is 74.6 Å². The monoisotopic (exact) mass is 367 g/mol. The van der Waals surface area contributed by atoms with E-state index in [0.717, 1.165) is 17.7 Å². The molecule has 3 heterocycles. The molecule has 1 fully saturated rings. The molecule has 4 rings (SSSR count). The number of thioether (sulfide) groups is 1. The van der Waals surface area contributed by atoms with Gasteiger partial charge in [-0.05, 0) is 30.8 Å². The van der Waals surface area contributed by atoms with Crippen molar-refractivity contribution < 1.29 is 18.7 Å². The van der Waals surface area contributed by atoms with Crippen molar-refractivity contribution in [3.05, 3.63) is 33.7 Å². The van der Waals surface area contributed by atoms with E-state index in [1.165, 1.54) is 13.0 Å². The van der Waals surface area contributed by atoms with Crippen molar-refractivity contribution in [2.75, 3.05) is 31.1 Å². The fourth-order valence-corrected chi connectivity index (χ4v) is 4.54. The average Bonchev–Trinajstić information content (AvgIpc) is 2.53. The van der Waals surface area contributed by atoms with E-state index in [1.807, 2.05) is 4.90 Å². The second kappa shape index (κ2) is 5.43. The predicted octanol–water partition coefficient (Wildman–Crippen LogP) is 1.95. The summed E-state index contributed by atoms with van der Waals surface area (Å²) in [6.07, 6.45) is 0. The number of nitrogens with zero attached hydrogens (tertiary/aromatic N) is 2. The van der Waals surface area contributed by atoms with E-state index in [0.29, 0.717) is 30.5 Å². The molecule has 2 aromatic rings. The van der Waals surface area contributed by atoms with Gasteiger partial charge < -0.3 is 15.3 Å². The lowest BCUT2D eigenvalue weighted by Crippen LogP contribution is -2.43. The molecular formula is C16H15F2N3O3S. The van der Waals surface area contributed by atoms with Gasteiger partial charge in [0.05, 0.1) is 10.9 Å². The molecule has 0 spiro atoms. The number of aromatic carboxylic acids is 1.